The zero-order valence-electron chi connectivity index (χ0n) is 14.4. The van der Waals surface area contributed by atoms with Gasteiger partial charge in [-0.05, 0) is 18.2 Å². The minimum Gasteiger partial charge on any atom is -0.454 e. The molecule has 8 heteroatoms. The number of nitro benzene ring substituents is 1. The first-order chi connectivity index (χ1) is 13.5. The molecule has 0 atom stereocenters. The summed E-state index contributed by atoms with van der Waals surface area (Å²) in [5, 5.41) is 11.5. The summed E-state index contributed by atoms with van der Waals surface area (Å²) < 4.78 is 34.1. The van der Waals surface area contributed by atoms with Gasteiger partial charge in [0.1, 0.15) is 11.3 Å². The van der Waals surface area contributed by atoms with Crippen LogP contribution in [0.2, 0.25) is 0 Å². The summed E-state index contributed by atoms with van der Waals surface area (Å²) in [7, 11) is -3.92. The summed E-state index contributed by atoms with van der Waals surface area (Å²) in [6.45, 7) is 0. The number of fused-ring (bicyclic) bond motifs is 1. The Labute approximate surface area is 160 Å². The van der Waals surface area contributed by atoms with Gasteiger partial charge in [0.05, 0.1) is 15.2 Å². The number of non-ortho nitro benzene ring substituents is 1. The maximum Gasteiger partial charge on any atom is 0.270 e. The van der Waals surface area contributed by atoms with Crippen molar-refractivity contribution in [3.05, 3.63) is 89.0 Å². The average Bonchev–Trinajstić information content (AvgIpc) is 3.06. The third-order valence-corrected chi connectivity index (χ3v) is 5.57. The first kappa shape index (κ1) is 17.7. The summed E-state index contributed by atoms with van der Waals surface area (Å²) in [6.07, 6.45) is 0. The summed E-state index contributed by atoms with van der Waals surface area (Å²) in [6, 6.07) is 20.9. The van der Waals surface area contributed by atoms with Crippen LogP contribution in [0.15, 0.2) is 88.2 Å². The molecule has 0 aliphatic rings. The predicted molar refractivity (Wildman–Crippen MR) is 106 cm³/mol. The molecule has 0 bridgehead atoms. The zero-order valence-corrected chi connectivity index (χ0v) is 15.2. The van der Waals surface area contributed by atoms with Gasteiger partial charge in [-0.3, -0.25) is 14.8 Å². The highest BCUT2D eigenvalue weighted by atomic mass is 32.2. The molecule has 4 aromatic rings. The lowest BCUT2D eigenvalue weighted by Crippen LogP contribution is -2.13. The van der Waals surface area contributed by atoms with Gasteiger partial charge in [0.2, 0.25) is 0 Å². The minimum absolute atomic E-state index is 0.0776. The summed E-state index contributed by atoms with van der Waals surface area (Å²) in [4.78, 5) is 10.7. The Hall–Kier alpha value is -3.65. The Morgan fingerprint density at radius 3 is 2.18 bits per heavy atom. The van der Waals surface area contributed by atoms with Gasteiger partial charge in [0, 0.05) is 17.7 Å². The summed E-state index contributed by atoms with van der Waals surface area (Å²) in [5.74, 6) is 0.288. The van der Waals surface area contributed by atoms with E-state index in [1.165, 1.54) is 30.3 Å². The fourth-order valence-electron chi connectivity index (χ4n) is 2.89. The molecule has 0 aliphatic carbocycles. The van der Waals surface area contributed by atoms with E-state index in [9.17, 15) is 18.5 Å². The molecule has 3 aromatic carbocycles. The summed E-state index contributed by atoms with van der Waals surface area (Å²) >= 11 is 0. The largest absolute Gasteiger partial charge is 0.454 e. The second kappa shape index (κ2) is 6.82. The van der Waals surface area contributed by atoms with Crippen molar-refractivity contribution >= 4 is 32.4 Å². The van der Waals surface area contributed by atoms with Crippen LogP contribution in [0.25, 0.3) is 22.3 Å². The number of nitrogens with one attached hydrogen (secondary N) is 1. The first-order valence-electron chi connectivity index (χ1n) is 8.30. The number of nitrogens with zero attached hydrogens (tertiary/aromatic N) is 1. The van der Waals surface area contributed by atoms with Crippen LogP contribution in [0.3, 0.4) is 0 Å². The van der Waals surface area contributed by atoms with Crippen LogP contribution in [0, 0.1) is 10.1 Å². The Morgan fingerprint density at radius 1 is 0.893 bits per heavy atom. The van der Waals surface area contributed by atoms with Crippen molar-refractivity contribution in [1.82, 2.24) is 0 Å². The molecule has 7 nitrogen and oxygen atoms in total. The van der Waals surface area contributed by atoms with Crippen molar-refractivity contribution in [1.29, 1.82) is 0 Å². The number of nitro groups is 1. The number of hydrogen-bond acceptors (Lipinski definition) is 5. The molecule has 0 spiro atoms. The van der Waals surface area contributed by atoms with Crippen molar-refractivity contribution in [3.8, 4) is 11.3 Å². The molecule has 1 heterocycles. The lowest BCUT2D eigenvalue weighted by molar-refractivity contribution is -0.384. The molecule has 28 heavy (non-hydrogen) atoms. The first-order valence-corrected chi connectivity index (χ1v) is 9.78. The zero-order chi connectivity index (χ0) is 19.7. The number of rotatable bonds is 5. The fraction of sp³-hybridized carbons (Fsp3) is 0. The van der Waals surface area contributed by atoms with Crippen LogP contribution >= 0.6 is 0 Å². The van der Waals surface area contributed by atoms with Gasteiger partial charge < -0.3 is 4.42 Å². The maximum absolute atomic E-state index is 12.9. The quantitative estimate of drug-likeness (QED) is 0.386. The number of furan rings is 1. The topological polar surface area (TPSA) is 102 Å². The van der Waals surface area contributed by atoms with Gasteiger partial charge >= 0.3 is 0 Å². The van der Waals surface area contributed by atoms with Gasteiger partial charge in [0.25, 0.3) is 15.7 Å². The highest BCUT2D eigenvalue weighted by Crippen LogP contribution is 2.40. The molecule has 1 aromatic heterocycles. The Bertz CT molecular complexity index is 1270. The second-order valence-corrected chi connectivity index (χ2v) is 7.71. The lowest BCUT2D eigenvalue weighted by Gasteiger charge is -2.09. The second-order valence-electron chi connectivity index (χ2n) is 6.03. The number of benzene rings is 3. The molecule has 0 radical (unpaired) electrons. The van der Waals surface area contributed by atoms with E-state index in [1.807, 2.05) is 6.07 Å². The van der Waals surface area contributed by atoms with Gasteiger partial charge in [-0.15, -0.1) is 0 Å². The van der Waals surface area contributed by atoms with Crippen molar-refractivity contribution in [2.24, 2.45) is 0 Å². The Balaban J connectivity index is 1.94. The van der Waals surface area contributed by atoms with Crippen LogP contribution in [0.5, 0.6) is 0 Å². The fourth-order valence-corrected chi connectivity index (χ4v) is 3.99. The molecule has 4 rings (SSSR count). The molecule has 0 saturated carbocycles. The molecule has 0 unspecified atom stereocenters. The van der Waals surface area contributed by atoms with E-state index in [-0.39, 0.29) is 22.0 Å². The Kier molecular flexibility index (Phi) is 4.32. The van der Waals surface area contributed by atoms with E-state index in [1.54, 1.807) is 42.5 Å². The number of anilines is 1. The van der Waals surface area contributed by atoms with Gasteiger partial charge in [-0.1, -0.05) is 48.5 Å². The smallest absolute Gasteiger partial charge is 0.270 e. The molecule has 0 aliphatic heterocycles. The molecule has 0 amide bonds. The van der Waals surface area contributed by atoms with E-state index in [4.69, 9.17) is 4.42 Å². The van der Waals surface area contributed by atoms with E-state index < -0.39 is 14.9 Å². The predicted octanol–water partition coefficient (Wildman–Crippen LogP) is 4.81. The van der Waals surface area contributed by atoms with Gasteiger partial charge in [-0.2, -0.15) is 0 Å². The minimum atomic E-state index is -3.92. The average molecular weight is 394 g/mol. The molecule has 0 saturated heterocycles. The van der Waals surface area contributed by atoms with Crippen molar-refractivity contribution in [3.63, 3.8) is 0 Å². The van der Waals surface area contributed by atoms with E-state index in [0.717, 1.165) is 0 Å². The van der Waals surface area contributed by atoms with Crippen LogP contribution in [0.4, 0.5) is 11.4 Å². The standard InChI is InChI=1S/C20H14N2O5S/c23-22(24)15-11-12-18-17(13-15)19(20(27-18)14-7-3-1-4-8-14)21-28(25,26)16-9-5-2-6-10-16/h1-13,21H. The van der Waals surface area contributed by atoms with Crippen molar-refractivity contribution in [2.75, 3.05) is 4.72 Å². The van der Waals surface area contributed by atoms with Crippen LogP contribution in [-0.2, 0) is 10.0 Å². The van der Waals surface area contributed by atoms with Crippen LogP contribution in [0.1, 0.15) is 0 Å². The molecule has 0 fully saturated rings. The normalized spacial score (nSPS) is 11.4. The van der Waals surface area contributed by atoms with E-state index in [0.29, 0.717) is 16.5 Å². The van der Waals surface area contributed by atoms with Crippen LogP contribution < -0.4 is 4.72 Å². The van der Waals surface area contributed by atoms with Crippen molar-refractivity contribution < 1.29 is 17.8 Å². The molecule has 1 N–H and O–H groups in total. The highest BCUT2D eigenvalue weighted by Gasteiger charge is 2.23. The maximum atomic E-state index is 12.9. The van der Waals surface area contributed by atoms with Gasteiger partial charge in [-0.25, -0.2) is 8.42 Å². The number of hydrogen-bond donors (Lipinski definition) is 1. The Morgan fingerprint density at radius 2 is 1.54 bits per heavy atom. The number of sulfonamides is 1. The van der Waals surface area contributed by atoms with E-state index >= 15 is 0 Å². The van der Waals surface area contributed by atoms with Crippen molar-refractivity contribution in [2.45, 2.75) is 4.90 Å². The lowest BCUT2D eigenvalue weighted by atomic mass is 10.1. The molecular weight excluding hydrogens is 380 g/mol. The molecule has 140 valence electrons. The monoisotopic (exact) mass is 394 g/mol. The molecular formula is C20H14N2O5S. The van der Waals surface area contributed by atoms with Gasteiger partial charge in [0.15, 0.2) is 5.76 Å². The summed E-state index contributed by atoms with van der Waals surface area (Å²) in [5.41, 5.74) is 0.990. The third-order valence-electron chi connectivity index (χ3n) is 4.21. The SMILES string of the molecule is O=[N+]([O-])c1ccc2oc(-c3ccccc3)c(NS(=O)(=O)c3ccccc3)c2c1. The highest BCUT2D eigenvalue weighted by molar-refractivity contribution is 7.92. The van der Waals surface area contributed by atoms with Crippen LogP contribution in [-0.4, -0.2) is 13.3 Å². The van der Waals surface area contributed by atoms with E-state index in [2.05, 4.69) is 4.72 Å². The third kappa shape index (κ3) is 3.21.